The average Bonchev–Trinajstić information content (AvgIpc) is 2.78. The first-order valence-corrected chi connectivity index (χ1v) is 11.5. The van der Waals surface area contributed by atoms with Crippen LogP contribution in [0.3, 0.4) is 0 Å². The van der Waals surface area contributed by atoms with Crippen LogP contribution in [0.4, 0.5) is 5.69 Å². The third kappa shape index (κ3) is 5.33. The van der Waals surface area contributed by atoms with Gasteiger partial charge in [0, 0.05) is 11.3 Å². The highest BCUT2D eigenvalue weighted by atomic mass is 35.5. The summed E-state index contributed by atoms with van der Waals surface area (Å²) in [6.07, 6.45) is 0. The van der Waals surface area contributed by atoms with E-state index in [2.05, 4.69) is 10.0 Å². The minimum atomic E-state index is -3.99. The Morgan fingerprint density at radius 2 is 1.62 bits per heavy atom. The minimum Gasteiger partial charge on any atom is -0.493 e. The molecule has 3 aromatic carbocycles. The Bertz CT molecular complexity index is 1220. The Labute approximate surface area is 192 Å². The molecule has 2 N–H and O–H groups in total. The van der Waals surface area contributed by atoms with Crippen LogP contribution in [-0.2, 0) is 10.0 Å². The Hall–Kier alpha value is -3.23. The van der Waals surface area contributed by atoms with Crippen molar-refractivity contribution < 1.29 is 22.7 Å². The first-order chi connectivity index (χ1) is 15.2. The number of halogens is 1. The van der Waals surface area contributed by atoms with Crippen LogP contribution < -0.4 is 19.5 Å². The summed E-state index contributed by atoms with van der Waals surface area (Å²) in [4.78, 5) is 12.6. The van der Waals surface area contributed by atoms with Crippen LogP contribution in [-0.4, -0.2) is 28.5 Å². The SMILES string of the molecule is COc1ccc([C@@H](C)NC(=O)c2ccc(Cl)c(S(=O)(=O)Nc3ccccc3)c2)cc1OC. The minimum absolute atomic E-state index is 0.0120. The molecular formula is C23H23ClN2O5S. The number of amides is 1. The number of carbonyl (C=O) groups is 1. The monoisotopic (exact) mass is 474 g/mol. The third-order valence-corrected chi connectivity index (χ3v) is 6.63. The Balaban J connectivity index is 1.82. The molecule has 32 heavy (non-hydrogen) atoms. The number of ether oxygens (including phenoxy) is 2. The molecule has 0 radical (unpaired) electrons. The molecule has 0 aliphatic carbocycles. The van der Waals surface area contributed by atoms with E-state index in [0.29, 0.717) is 17.2 Å². The van der Waals surface area contributed by atoms with Crippen molar-refractivity contribution in [2.45, 2.75) is 17.9 Å². The van der Waals surface area contributed by atoms with Crippen molar-refractivity contribution in [2.24, 2.45) is 0 Å². The van der Waals surface area contributed by atoms with Crippen LogP contribution in [0.1, 0.15) is 28.9 Å². The number of para-hydroxylation sites is 1. The van der Waals surface area contributed by atoms with Gasteiger partial charge in [0.15, 0.2) is 11.5 Å². The summed E-state index contributed by atoms with van der Waals surface area (Å²) >= 11 is 6.14. The summed E-state index contributed by atoms with van der Waals surface area (Å²) in [5.74, 6) is 0.673. The molecule has 7 nitrogen and oxygen atoms in total. The van der Waals surface area contributed by atoms with Gasteiger partial charge in [-0.15, -0.1) is 0 Å². The molecule has 3 aromatic rings. The highest BCUT2D eigenvalue weighted by molar-refractivity contribution is 7.92. The van der Waals surface area contributed by atoms with Crippen molar-refractivity contribution >= 4 is 33.2 Å². The van der Waals surface area contributed by atoms with E-state index < -0.39 is 15.9 Å². The van der Waals surface area contributed by atoms with Crippen LogP contribution in [0.5, 0.6) is 11.5 Å². The van der Waals surface area contributed by atoms with Gasteiger partial charge in [0.2, 0.25) is 0 Å². The van der Waals surface area contributed by atoms with Crippen molar-refractivity contribution in [1.29, 1.82) is 0 Å². The summed E-state index contributed by atoms with van der Waals surface area (Å²) in [7, 11) is -0.915. The first-order valence-electron chi connectivity index (χ1n) is 9.65. The lowest BCUT2D eigenvalue weighted by Gasteiger charge is -2.17. The highest BCUT2D eigenvalue weighted by Crippen LogP contribution is 2.30. The molecule has 0 aromatic heterocycles. The normalized spacial score (nSPS) is 12.0. The fourth-order valence-electron chi connectivity index (χ4n) is 3.05. The number of methoxy groups -OCH3 is 2. The van der Waals surface area contributed by atoms with Crippen LogP contribution >= 0.6 is 11.6 Å². The van der Waals surface area contributed by atoms with E-state index in [1.165, 1.54) is 25.3 Å². The predicted octanol–water partition coefficient (Wildman–Crippen LogP) is 4.65. The van der Waals surface area contributed by atoms with Crippen LogP contribution in [0.15, 0.2) is 71.6 Å². The summed E-state index contributed by atoms with van der Waals surface area (Å²) in [5, 5.41) is 2.87. The molecule has 0 spiro atoms. The second-order valence-electron chi connectivity index (χ2n) is 6.93. The van der Waals surface area contributed by atoms with Crippen molar-refractivity contribution in [2.75, 3.05) is 18.9 Å². The van der Waals surface area contributed by atoms with Gasteiger partial charge in [-0.2, -0.15) is 0 Å². The van der Waals surface area contributed by atoms with Gasteiger partial charge in [0.1, 0.15) is 4.90 Å². The predicted molar refractivity (Wildman–Crippen MR) is 124 cm³/mol. The zero-order valence-electron chi connectivity index (χ0n) is 17.8. The molecule has 0 bridgehead atoms. The van der Waals surface area contributed by atoms with E-state index in [1.807, 2.05) is 13.0 Å². The van der Waals surface area contributed by atoms with E-state index in [4.69, 9.17) is 21.1 Å². The number of nitrogens with one attached hydrogen (secondary N) is 2. The van der Waals surface area contributed by atoms with Crippen molar-refractivity contribution in [3.05, 3.63) is 82.9 Å². The fourth-order valence-corrected chi connectivity index (χ4v) is 4.64. The van der Waals surface area contributed by atoms with Crippen LogP contribution in [0.2, 0.25) is 5.02 Å². The van der Waals surface area contributed by atoms with Crippen molar-refractivity contribution in [3.8, 4) is 11.5 Å². The smallest absolute Gasteiger partial charge is 0.263 e. The zero-order valence-corrected chi connectivity index (χ0v) is 19.3. The summed E-state index contributed by atoms with van der Waals surface area (Å²) in [5.41, 5.74) is 1.35. The van der Waals surface area contributed by atoms with Gasteiger partial charge in [0.05, 0.1) is 25.3 Å². The summed E-state index contributed by atoms with van der Waals surface area (Å²) in [6.45, 7) is 1.81. The van der Waals surface area contributed by atoms with Gasteiger partial charge in [0.25, 0.3) is 15.9 Å². The maximum Gasteiger partial charge on any atom is 0.263 e. The number of hydrogen-bond donors (Lipinski definition) is 2. The van der Waals surface area contributed by atoms with Gasteiger partial charge in [-0.05, 0) is 55.0 Å². The quantitative estimate of drug-likeness (QED) is 0.495. The van der Waals surface area contributed by atoms with Crippen LogP contribution in [0.25, 0.3) is 0 Å². The van der Waals surface area contributed by atoms with Crippen molar-refractivity contribution in [3.63, 3.8) is 0 Å². The standard InChI is InChI=1S/C23H23ClN2O5S/c1-15(16-10-12-20(30-2)21(13-16)31-3)25-23(27)17-9-11-19(24)22(14-17)32(28,29)26-18-7-5-4-6-8-18/h4-15,26H,1-3H3,(H,25,27)/t15-/m1/s1. The van der Waals surface area contributed by atoms with E-state index in [1.54, 1.807) is 49.6 Å². The van der Waals surface area contributed by atoms with E-state index in [0.717, 1.165) is 5.56 Å². The Kier molecular flexibility index (Phi) is 7.27. The number of hydrogen-bond acceptors (Lipinski definition) is 5. The molecule has 3 rings (SSSR count). The number of benzene rings is 3. The highest BCUT2D eigenvalue weighted by Gasteiger charge is 2.21. The van der Waals surface area contributed by atoms with Gasteiger partial charge >= 0.3 is 0 Å². The van der Waals surface area contributed by atoms with Gasteiger partial charge in [-0.3, -0.25) is 9.52 Å². The van der Waals surface area contributed by atoms with Crippen molar-refractivity contribution in [1.82, 2.24) is 5.32 Å². The fraction of sp³-hybridized carbons (Fsp3) is 0.174. The molecule has 0 saturated carbocycles. The molecule has 0 aliphatic rings. The molecular weight excluding hydrogens is 452 g/mol. The Morgan fingerprint density at radius 1 is 0.938 bits per heavy atom. The number of anilines is 1. The maximum atomic E-state index is 12.8. The number of sulfonamides is 1. The van der Waals surface area contributed by atoms with Gasteiger partial charge in [-0.1, -0.05) is 35.9 Å². The zero-order chi connectivity index (χ0) is 23.3. The third-order valence-electron chi connectivity index (χ3n) is 4.76. The number of rotatable bonds is 8. The largest absolute Gasteiger partial charge is 0.493 e. The first kappa shape index (κ1) is 23.4. The number of carbonyl (C=O) groups excluding carboxylic acids is 1. The van der Waals surface area contributed by atoms with Gasteiger partial charge in [-0.25, -0.2) is 8.42 Å². The van der Waals surface area contributed by atoms with Gasteiger partial charge < -0.3 is 14.8 Å². The van der Waals surface area contributed by atoms with Crippen LogP contribution in [0, 0.1) is 0 Å². The average molecular weight is 475 g/mol. The van der Waals surface area contributed by atoms with E-state index >= 15 is 0 Å². The topological polar surface area (TPSA) is 93.7 Å². The molecule has 0 unspecified atom stereocenters. The Morgan fingerprint density at radius 3 is 2.28 bits per heavy atom. The van der Waals surface area contributed by atoms with E-state index in [9.17, 15) is 13.2 Å². The molecule has 0 heterocycles. The lowest BCUT2D eigenvalue weighted by Crippen LogP contribution is -2.27. The molecule has 0 saturated heterocycles. The van der Waals surface area contributed by atoms with E-state index in [-0.39, 0.29) is 21.5 Å². The summed E-state index contributed by atoms with van der Waals surface area (Å²) in [6, 6.07) is 17.5. The molecule has 0 fully saturated rings. The molecule has 1 atom stereocenters. The summed E-state index contributed by atoms with van der Waals surface area (Å²) < 4.78 is 38.6. The lowest BCUT2D eigenvalue weighted by atomic mass is 10.1. The second-order valence-corrected chi connectivity index (χ2v) is 8.98. The second kappa shape index (κ2) is 9.93. The molecule has 1 amide bonds. The maximum absolute atomic E-state index is 12.8. The molecule has 9 heteroatoms. The molecule has 168 valence electrons. The lowest BCUT2D eigenvalue weighted by molar-refractivity contribution is 0.0939. The molecule has 0 aliphatic heterocycles.